The van der Waals surface area contributed by atoms with Gasteiger partial charge >= 0.3 is 0 Å². The van der Waals surface area contributed by atoms with E-state index in [1.807, 2.05) is 19.9 Å². The molecule has 0 aliphatic heterocycles. The highest BCUT2D eigenvalue weighted by Gasteiger charge is 1.83. The predicted molar refractivity (Wildman–Crippen MR) is 47.3 cm³/mol. The van der Waals surface area contributed by atoms with E-state index in [2.05, 4.69) is 18.2 Å². The molecule has 0 aliphatic rings. The van der Waals surface area contributed by atoms with Gasteiger partial charge in [-0.05, 0) is 25.5 Å². The van der Waals surface area contributed by atoms with E-state index in [-0.39, 0.29) is 0 Å². The van der Waals surface area contributed by atoms with Crippen LogP contribution in [0.4, 0.5) is 0 Å². The van der Waals surface area contributed by atoms with Crippen molar-refractivity contribution in [2.24, 2.45) is 4.99 Å². The summed E-state index contributed by atoms with van der Waals surface area (Å²) in [5.41, 5.74) is 2.21. The van der Waals surface area contributed by atoms with Crippen LogP contribution in [0.25, 0.3) is 0 Å². The number of allylic oxidation sites excluding steroid dienone is 3. The minimum absolute atomic E-state index is 1.07. The lowest BCUT2D eigenvalue weighted by Gasteiger charge is -1.93. The Bertz CT molecular complexity index is 185. The van der Waals surface area contributed by atoms with Crippen LogP contribution in [-0.4, -0.2) is 6.21 Å². The summed E-state index contributed by atoms with van der Waals surface area (Å²) in [6.07, 6.45) is 5.11. The standard InChI is InChI=1S/C9H13N/c1-5-10-7-6-9(4)8(2)3/h5-7H,1-2H2,3-4H3/b9-6+,10-7?. The highest BCUT2D eigenvalue weighted by molar-refractivity contribution is 5.73. The average Bonchev–Trinajstić information content (AvgIpc) is 1.88. The molecule has 1 heteroatoms. The molecule has 1 nitrogen and oxygen atoms in total. The van der Waals surface area contributed by atoms with Gasteiger partial charge in [0.25, 0.3) is 0 Å². The molecular formula is C9H13N. The van der Waals surface area contributed by atoms with Crippen molar-refractivity contribution >= 4 is 6.21 Å². The largest absolute Gasteiger partial charge is 0.265 e. The van der Waals surface area contributed by atoms with Crippen LogP contribution in [0.5, 0.6) is 0 Å². The van der Waals surface area contributed by atoms with Gasteiger partial charge in [0.2, 0.25) is 0 Å². The maximum absolute atomic E-state index is 3.82. The molecule has 0 aromatic heterocycles. The number of aliphatic imine (C=N–C) groups is 1. The van der Waals surface area contributed by atoms with Crippen LogP contribution < -0.4 is 0 Å². The molecule has 0 aromatic carbocycles. The summed E-state index contributed by atoms with van der Waals surface area (Å²) in [5.74, 6) is 0. The van der Waals surface area contributed by atoms with E-state index in [0.717, 1.165) is 11.1 Å². The number of rotatable bonds is 3. The molecule has 0 spiro atoms. The number of hydrogen-bond acceptors (Lipinski definition) is 1. The molecule has 0 radical (unpaired) electrons. The molecule has 54 valence electrons. The van der Waals surface area contributed by atoms with Gasteiger partial charge in [0, 0.05) is 12.4 Å². The smallest absolute Gasteiger partial charge is 0.0270 e. The summed E-state index contributed by atoms with van der Waals surface area (Å²) >= 11 is 0. The summed E-state index contributed by atoms with van der Waals surface area (Å²) in [6.45, 7) is 11.2. The molecule has 0 saturated carbocycles. The zero-order valence-corrected chi connectivity index (χ0v) is 6.59. The van der Waals surface area contributed by atoms with Crippen LogP contribution in [0.3, 0.4) is 0 Å². The van der Waals surface area contributed by atoms with Gasteiger partial charge in [0.05, 0.1) is 0 Å². The molecule has 0 fully saturated rings. The summed E-state index contributed by atoms with van der Waals surface area (Å²) in [4.78, 5) is 3.82. The average molecular weight is 135 g/mol. The van der Waals surface area contributed by atoms with Gasteiger partial charge < -0.3 is 0 Å². The van der Waals surface area contributed by atoms with E-state index in [1.165, 1.54) is 6.20 Å². The third-order valence-electron chi connectivity index (χ3n) is 1.19. The van der Waals surface area contributed by atoms with E-state index < -0.39 is 0 Å². The zero-order valence-electron chi connectivity index (χ0n) is 6.59. The zero-order chi connectivity index (χ0) is 7.98. The van der Waals surface area contributed by atoms with Gasteiger partial charge in [-0.25, -0.2) is 0 Å². The van der Waals surface area contributed by atoms with Crippen LogP contribution in [0, 0.1) is 0 Å². The third kappa shape index (κ3) is 3.84. The Morgan fingerprint density at radius 3 is 2.40 bits per heavy atom. The fourth-order valence-corrected chi connectivity index (χ4v) is 0.358. The Hall–Kier alpha value is -1.11. The molecule has 0 aliphatic carbocycles. The van der Waals surface area contributed by atoms with Gasteiger partial charge in [-0.1, -0.05) is 18.7 Å². The Labute approximate surface area is 62.5 Å². The second kappa shape index (κ2) is 4.74. The van der Waals surface area contributed by atoms with Crippen LogP contribution in [0.1, 0.15) is 13.8 Å². The lowest BCUT2D eigenvalue weighted by Crippen LogP contribution is -1.76. The molecule has 0 atom stereocenters. The van der Waals surface area contributed by atoms with E-state index in [1.54, 1.807) is 6.21 Å². The molecule has 0 unspecified atom stereocenters. The number of hydrogen-bond donors (Lipinski definition) is 0. The van der Waals surface area contributed by atoms with E-state index in [9.17, 15) is 0 Å². The summed E-state index contributed by atoms with van der Waals surface area (Å²) in [6, 6.07) is 0. The van der Waals surface area contributed by atoms with E-state index in [4.69, 9.17) is 0 Å². The Morgan fingerprint density at radius 2 is 2.00 bits per heavy atom. The quantitative estimate of drug-likeness (QED) is 0.417. The topological polar surface area (TPSA) is 12.4 Å². The Kier molecular flexibility index (Phi) is 4.21. The second-order valence-electron chi connectivity index (χ2n) is 2.11. The molecule has 0 amide bonds. The van der Waals surface area contributed by atoms with E-state index >= 15 is 0 Å². The monoisotopic (exact) mass is 135 g/mol. The molecule has 10 heavy (non-hydrogen) atoms. The Balaban J connectivity index is 4.04. The number of nitrogens with zero attached hydrogens (tertiary/aromatic N) is 1. The predicted octanol–water partition coefficient (Wildman–Crippen LogP) is 2.72. The first-order chi connectivity index (χ1) is 4.68. The van der Waals surface area contributed by atoms with Crippen LogP contribution in [-0.2, 0) is 0 Å². The van der Waals surface area contributed by atoms with Crippen molar-refractivity contribution in [3.05, 3.63) is 36.6 Å². The minimum atomic E-state index is 1.07. The molecule has 0 rings (SSSR count). The van der Waals surface area contributed by atoms with Gasteiger partial charge in [0.15, 0.2) is 0 Å². The van der Waals surface area contributed by atoms with E-state index in [0.29, 0.717) is 0 Å². The first-order valence-corrected chi connectivity index (χ1v) is 3.15. The Morgan fingerprint density at radius 1 is 1.40 bits per heavy atom. The summed E-state index contributed by atoms with van der Waals surface area (Å²) < 4.78 is 0. The molecule has 0 heterocycles. The van der Waals surface area contributed by atoms with Gasteiger partial charge in [-0.3, -0.25) is 4.99 Å². The van der Waals surface area contributed by atoms with Crippen LogP contribution in [0.15, 0.2) is 41.6 Å². The maximum Gasteiger partial charge on any atom is 0.0270 e. The fourth-order valence-electron chi connectivity index (χ4n) is 0.358. The highest BCUT2D eigenvalue weighted by Crippen LogP contribution is 2.02. The summed E-state index contributed by atoms with van der Waals surface area (Å²) in [5, 5.41) is 0. The molecule has 0 aromatic rings. The fraction of sp³-hybridized carbons (Fsp3) is 0.222. The molecule has 0 bridgehead atoms. The van der Waals surface area contributed by atoms with Gasteiger partial charge in [-0.15, -0.1) is 0 Å². The molecule has 0 N–H and O–H groups in total. The lowest BCUT2D eigenvalue weighted by molar-refractivity contribution is 1.37. The van der Waals surface area contributed by atoms with Gasteiger partial charge in [0.1, 0.15) is 0 Å². The van der Waals surface area contributed by atoms with Crippen molar-refractivity contribution in [2.45, 2.75) is 13.8 Å². The normalized spacial score (nSPS) is 12.0. The SMILES string of the molecule is C=CN=C/C=C(\C)C(=C)C. The molecular weight excluding hydrogens is 122 g/mol. The maximum atomic E-state index is 3.82. The summed E-state index contributed by atoms with van der Waals surface area (Å²) in [7, 11) is 0. The minimum Gasteiger partial charge on any atom is -0.265 e. The highest BCUT2D eigenvalue weighted by atomic mass is 14.6. The van der Waals surface area contributed by atoms with Crippen molar-refractivity contribution in [1.29, 1.82) is 0 Å². The van der Waals surface area contributed by atoms with Crippen molar-refractivity contribution in [3.63, 3.8) is 0 Å². The first kappa shape index (κ1) is 8.89. The lowest BCUT2D eigenvalue weighted by atomic mass is 10.1. The van der Waals surface area contributed by atoms with Crippen molar-refractivity contribution < 1.29 is 0 Å². The van der Waals surface area contributed by atoms with Crippen molar-refractivity contribution in [3.8, 4) is 0 Å². The van der Waals surface area contributed by atoms with Crippen molar-refractivity contribution in [1.82, 2.24) is 0 Å². The van der Waals surface area contributed by atoms with Crippen LogP contribution >= 0.6 is 0 Å². The first-order valence-electron chi connectivity index (χ1n) is 3.15. The second-order valence-corrected chi connectivity index (χ2v) is 2.11. The van der Waals surface area contributed by atoms with Gasteiger partial charge in [-0.2, -0.15) is 0 Å². The van der Waals surface area contributed by atoms with Crippen LogP contribution in [0.2, 0.25) is 0 Å². The van der Waals surface area contributed by atoms with Crippen molar-refractivity contribution in [2.75, 3.05) is 0 Å². The molecule has 0 saturated heterocycles. The third-order valence-corrected chi connectivity index (χ3v) is 1.19.